The summed E-state index contributed by atoms with van der Waals surface area (Å²) < 4.78 is 15.7. The molecule has 0 saturated heterocycles. The zero-order chi connectivity index (χ0) is 12.1. The van der Waals surface area contributed by atoms with E-state index in [-0.39, 0.29) is 0 Å². The molecule has 0 spiro atoms. The minimum absolute atomic E-state index is 0.602. The first kappa shape index (κ1) is 15.8. The zero-order valence-electron chi connectivity index (χ0n) is 11.0. The van der Waals surface area contributed by atoms with Gasteiger partial charge in [0.25, 0.3) is 0 Å². The maximum absolute atomic E-state index is 5.43. The van der Waals surface area contributed by atoms with Crippen molar-refractivity contribution in [1.29, 1.82) is 0 Å². The Labute approximate surface area is 99.6 Å². The van der Waals surface area contributed by atoms with Crippen molar-refractivity contribution < 1.29 is 14.2 Å². The molecule has 0 aromatic heterocycles. The monoisotopic (exact) mass is 233 g/mol. The van der Waals surface area contributed by atoms with Crippen LogP contribution < -0.4 is 5.32 Å². The largest absolute Gasteiger partial charge is 0.383 e. The molecule has 0 unspecified atom stereocenters. The number of hydrogen-bond acceptors (Lipinski definition) is 4. The SMILES string of the molecule is COCCNCCCOCCOCC(C)C. The van der Waals surface area contributed by atoms with Gasteiger partial charge in [0, 0.05) is 26.9 Å². The van der Waals surface area contributed by atoms with Crippen molar-refractivity contribution in [3.63, 3.8) is 0 Å². The van der Waals surface area contributed by atoms with E-state index in [0.29, 0.717) is 19.1 Å². The molecular weight excluding hydrogens is 206 g/mol. The van der Waals surface area contributed by atoms with E-state index in [9.17, 15) is 0 Å². The van der Waals surface area contributed by atoms with Gasteiger partial charge in [-0.3, -0.25) is 0 Å². The second-order valence-corrected chi connectivity index (χ2v) is 4.18. The van der Waals surface area contributed by atoms with Crippen molar-refractivity contribution in [1.82, 2.24) is 5.32 Å². The fourth-order valence-electron chi connectivity index (χ4n) is 1.14. The van der Waals surface area contributed by atoms with Crippen LogP contribution in [0.4, 0.5) is 0 Å². The molecule has 98 valence electrons. The molecule has 0 aliphatic heterocycles. The Bertz CT molecular complexity index is 131. The number of rotatable bonds is 12. The fourth-order valence-corrected chi connectivity index (χ4v) is 1.14. The molecule has 0 radical (unpaired) electrons. The highest BCUT2D eigenvalue weighted by atomic mass is 16.5. The molecule has 0 rings (SSSR count). The Morgan fingerprint density at radius 3 is 2.38 bits per heavy atom. The molecule has 16 heavy (non-hydrogen) atoms. The van der Waals surface area contributed by atoms with Gasteiger partial charge < -0.3 is 19.5 Å². The molecule has 0 fully saturated rings. The minimum atomic E-state index is 0.602. The summed E-state index contributed by atoms with van der Waals surface area (Å²) in [5.74, 6) is 0.602. The van der Waals surface area contributed by atoms with Crippen LogP contribution in [0.5, 0.6) is 0 Å². The lowest BCUT2D eigenvalue weighted by molar-refractivity contribution is 0.0370. The van der Waals surface area contributed by atoms with Gasteiger partial charge in [0.15, 0.2) is 0 Å². The topological polar surface area (TPSA) is 39.7 Å². The summed E-state index contributed by atoms with van der Waals surface area (Å²) in [7, 11) is 1.71. The molecule has 4 nitrogen and oxygen atoms in total. The van der Waals surface area contributed by atoms with Crippen LogP contribution in [0.1, 0.15) is 20.3 Å². The van der Waals surface area contributed by atoms with Crippen LogP contribution in [-0.4, -0.2) is 53.2 Å². The maximum Gasteiger partial charge on any atom is 0.0700 e. The van der Waals surface area contributed by atoms with E-state index < -0.39 is 0 Å². The van der Waals surface area contributed by atoms with Crippen molar-refractivity contribution in [3.05, 3.63) is 0 Å². The summed E-state index contributed by atoms with van der Waals surface area (Å²) in [5, 5.41) is 3.27. The molecule has 0 aliphatic carbocycles. The molecule has 0 amide bonds. The third-order valence-corrected chi connectivity index (χ3v) is 1.95. The van der Waals surface area contributed by atoms with E-state index in [1.165, 1.54) is 0 Å². The third-order valence-electron chi connectivity index (χ3n) is 1.95. The Morgan fingerprint density at radius 2 is 1.69 bits per heavy atom. The van der Waals surface area contributed by atoms with Crippen LogP contribution in [-0.2, 0) is 14.2 Å². The smallest absolute Gasteiger partial charge is 0.0700 e. The summed E-state index contributed by atoms with van der Waals surface area (Å²) in [6.45, 7) is 9.97. The summed E-state index contributed by atoms with van der Waals surface area (Å²) in [6.07, 6.45) is 1.04. The highest BCUT2D eigenvalue weighted by Gasteiger charge is 1.94. The fraction of sp³-hybridized carbons (Fsp3) is 1.00. The van der Waals surface area contributed by atoms with Gasteiger partial charge in [-0.1, -0.05) is 13.8 Å². The Hall–Kier alpha value is -0.160. The van der Waals surface area contributed by atoms with Crippen LogP contribution in [0.2, 0.25) is 0 Å². The summed E-state index contributed by atoms with van der Waals surface area (Å²) in [4.78, 5) is 0. The number of nitrogens with one attached hydrogen (secondary N) is 1. The van der Waals surface area contributed by atoms with E-state index in [2.05, 4.69) is 19.2 Å². The predicted molar refractivity (Wildman–Crippen MR) is 65.8 cm³/mol. The first-order valence-electron chi connectivity index (χ1n) is 6.12. The van der Waals surface area contributed by atoms with Crippen molar-refractivity contribution in [2.75, 3.05) is 53.2 Å². The molecule has 0 atom stereocenters. The van der Waals surface area contributed by atoms with E-state index >= 15 is 0 Å². The molecule has 0 aromatic carbocycles. The molecular formula is C12H27NO3. The molecule has 1 N–H and O–H groups in total. The molecule has 4 heteroatoms. The number of hydrogen-bond donors (Lipinski definition) is 1. The summed E-state index contributed by atoms with van der Waals surface area (Å²) >= 11 is 0. The summed E-state index contributed by atoms with van der Waals surface area (Å²) in [5.41, 5.74) is 0. The second kappa shape index (κ2) is 12.9. The first-order valence-corrected chi connectivity index (χ1v) is 6.12. The number of ether oxygens (including phenoxy) is 3. The van der Waals surface area contributed by atoms with Gasteiger partial charge in [-0.25, -0.2) is 0 Å². The van der Waals surface area contributed by atoms with Gasteiger partial charge in [0.05, 0.1) is 19.8 Å². The van der Waals surface area contributed by atoms with E-state index in [4.69, 9.17) is 14.2 Å². The van der Waals surface area contributed by atoms with Crippen LogP contribution in [0.15, 0.2) is 0 Å². The second-order valence-electron chi connectivity index (χ2n) is 4.18. The maximum atomic E-state index is 5.43. The molecule has 0 saturated carbocycles. The van der Waals surface area contributed by atoms with E-state index in [1.54, 1.807) is 7.11 Å². The van der Waals surface area contributed by atoms with Gasteiger partial charge in [-0.05, 0) is 18.9 Å². The van der Waals surface area contributed by atoms with Crippen LogP contribution in [0, 0.1) is 5.92 Å². The van der Waals surface area contributed by atoms with Crippen LogP contribution in [0.3, 0.4) is 0 Å². The summed E-state index contributed by atoms with van der Waals surface area (Å²) in [6, 6.07) is 0. The highest BCUT2D eigenvalue weighted by molar-refractivity contribution is 4.46. The predicted octanol–water partition coefficient (Wildman–Crippen LogP) is 1.30. The first-order chi connectivity index (χ1) is 7.77. The molecule has 0 heterocycles. The lowest BCUT2D eigenvalue weighted by atomic mass is 10.2. The Morgan fingerprint density at radius 1 is 0.938 bits per heavy atom. The lowest BCUT2D eigenvalue weighted by Crippen LogP contribution is -2.21. The van der Waals surface area contributed by atoms with Gasteiger partial charge in [-0.15, -0.1) is 0 Å². The molecule has 0 aromatic rings. The van der Waals surface area contributed by atoms with Crippen molar-refractivity contribution in [2.24, 2.45) is 5.92 Å². The lowest BCUT2D eigenvalue weighted by Gasteiger charge is -2.08. The highest BCUT2D eigenvalue weighted by Crippen LogP contribution is 1.92. The third kappa shape index (κ3) is 13.8. The van der Waals surface area contributed by atoms with Crippen molar-refractivity contribution in [3.8, 4) is 0 Å². The van der Waals surface area contributed by atoms with Crippen molar-refractivity contribution in [2.45, 2.75) is 20.3 Å². The van der Waals surface area contributed by atoms with Gasteiger partial charge in [0.1, 0.15) is 0 Å². The Kier molecular flexibility index (Phi) is 12.8. The average molecular weight is 233 g/mol. The quantitative estimate of drug-likeness (QED) is 0.516. The normalized spacial score (nSPS) is 11.2. The standard InChI is InChI=1S/C12H27NO3/c1-12(2)11-16-10-9-15-7-4-5-13-6-8-14-3/h12-13H,4-11H2,1-3H3. The van der Waals surface area contributed by atoms with Gasteiger partial charge in [0.2, 0.25) is 0 Å². The van der Waals surface area contributed by atoms with Crippen LogP contribution in [0.25, 0.3) is 0 Å². The molecule has 0 bridgehead atoms. The van der Waals surface area contributed by atoms with Crippen LogP contribution >= 0.6 is 0 Å². The van der Waals surface area contributed by atoms with Gasteiger partial charge in [-0.2, -0.15) is 0 Å². The average Bonchev–Trinajstić information content (AvgIpc) is 2.25. The Balaban J connectivity index is 2.88. The van der Waals surface area contributed by atoms with E-state index in [1.807, 2.05) is 0 Å². The molecule has 0 aliphatic rings. The zero-order valence-corrected chi connectivity index (χ0v) is 11.0. The van der Waals surface area contributed by atoms with Crippen molar-refractivity contribution >= 4 is 0 Å². The van der Waals surface area contributed by atoms with E-state index in [0.717, 1.165) is 39.3 Å². The number of methoxy groups -OCH3 is 1. The van der Waals surface area contributed by atoms with Gasteiger partial charge >= 0.3 is 0 Å². The minimum Gasteiger partial charge on any atom is -0.383 e.